The summed E-state index contributed by atoms with van der Waals surface area (Å²) in [6.07, 6.45) is 6.89. The Labute approximate surface area is 159 Å². The maximum atomic E-state index is 12.1. The Hall–Kier alpha value is -0.860. The Morgan fingerprint density at radius 1 is 1.19 bits per heavy atom. The van der Waals surface area contributed by atoms with Crippen LogP contribution in [-0.4, -0.2) is 71.5 Å². The van der Waals surface area contributed by atoms with Gasteiger partial charge in [-0.2, -0.15) is 0 Å². The van der Waals surface area contributed by atoms with E-state index in [4.69, 9.17) is 4.74 Å². The van der Waals surface area contributed by atoms with Crippen molar-refractivity contribution >= 4 is 16.0 Å². The van der Waals surface area contributed by atoms with Gasteiger partial charge >= 0.3 is 0 Å². The van der Waals surface area contributed by atoms with Gasteiger partial charge in [-0.25, -0.2) is 13.1 Å². The molecule has 7 nitrogen and oxygen atoms in total. The summed E-state index contributed by atoms with van der Waals surface area (Å²) in [5.41, 5.74) is 0. The van der Waals surface area contributed by atoms with E-state index in [1.807, 2.05) is 14.0 Å². The molecular weight excluding hydrogens is 352 g/mol. The minimum Gasteiger partial charge on any atom is -0.381 e. The molecule has 0 spiro atoms. The molecule has 0 unspecified atom stereocenters. The number of guanidine groups is 1. The maximum absolute atomic E-state index is 12.1. The Morgan fingerprint density at radius 2 is 1.92 bits per heavy atom. The standard InChI is InChI=1S/C18H36N4O3S/c1-3-19-18(22(2)11-7-16-8-12-25-13-9-16)20-10-14-26(23,24)21-15-17-5-4-6-17/h16-17,21H,3-15H2,1-2H3,(H,19,20). The number of ether oxygens (including phenoxy) is 1. The lowest BCUT2D eigenvalue weighted by Crippen LogP contribution is -2.40. The fraction of sp³-hybridized carbons (Fsp3) is 0.944. The smallest absolute Gasteiger partial charge is 0.213 e. The van der Waals surface area contributed by atoms with Crippen LogP contribution in [0.4, 0.5) is 0 Å². The van der Waals surface area contributed by atoms with Crippen LogP contribution in [-0.2, 0) is 14.8 Å². The van der Waals surface area contributed by atoms with Gasteiger partial charge in [0.05, 0.1) is 12.3 Å². The van der Waals surface area contributed by atoms with Crippen molar-refractivity contribution in [1.82, 2.24) is 14.9 Å². The van der Waals surface area contributed by atoms with Gasteiger partial charge in [0.1, 0.15) is 0 Å². The van der Waals surface area contributed by atoms with Crippen LogP contribution in [0.15, 0.2) is 4.99 Å². The fourth-order valence-corrected chi connectivity index (χ4v) is 4.24. The van der Waals surface area contributed by atoms with E-state index in [9.17, 15) is 8.42 Å². The van der Waals surface area contributed by atoms with Gasteiger partial charge in [-0.1, -0.05) is 6.42 Å². The molecule has 1 aliphatic heterocycles. The van der Waals surface area contributed by atoms with Crippen molar-refractivity contribution in [2.45, 2.75) is 45.4 Å². The second-order valence-corrected chi connectivity index (χ2v) is 9.39. The minimum atomic E-state index is -3.24. The third-order valence-electron chi connectivity index (χ3n) is 5.35. The van der Waals surface area contributed by atoms with Gasteiger partial charge in [-0.3, -0.25) is 4.99 Å². The van der Waals surface area contributed by atoms with Crippen molar-refractivity contribution in [1.29, 1.82) is 0 Å². The summed E-state index contributed by atoms with van der Waals surface area (Å²) in [5.74, 6) is 2.07. The first-order chi connectivity index (χ1) is 12.5. The number of hydrogen-bond acceptors (Lipinski definition) is 4. The molecule has 1 saturated carbocycles. The van der Waals surface area contributed by atoms with E-state index < -0.39 is 10.0 Å². The lowest BCUT2D eigenvalue weighted by Gasteiger charge is -2.27. The van der Waals surface area contributed by atoms with Crippen LogP contribution < -0.4 is 10.0 Å². The molecule has 26 heavy (non-hydrogen) atoms. The van der Waals surface area contributed by atoms with Gasteiger partial charge in [0, 0.05) is 39.9 Å². The summed E-state index contributed by atoms with van der Waals surface area (Å²) < 4.78 is 32.3. The molecule has 152 valence electrons. The SMILES string of the molecule is CCNC(=NCCS(=O)(=O)NCC1CCC1)N(C)CCC1CCOCC1. The quantitative estimate of drug-likeness (QED) is 0.437. The van der Waals surface area contributed by atoms with Crippen molar-refractivity contribution in [3.05, 3.63) is 0 Å². The molecule has 1 saturated heterocycles. The second kappa shape index (κ2) is 11.1. The molecule has 0 bridgehead atoms. The van der Waals surface area contributed by atoms with E-state index >= 15 is 0 Å². The molecule has 0 aromatic rings. The summed E-state index contributed by atoms with van der Waals surface area (Å²) in [7, 11) is -1.22. The van der Waals surface area contributed by atoms with Gasteiger partial charge in [-0.05, 0) is 50.9 Å². The predicted molar refractivity (Wildman–Crippen MR) is 106 cm³/mol. The first kappa shape index (κ1) is 21.4. The fourth-order valence-electron chi connectivity index (χ4n) is 3.27. The van der Waals surface area contributed by atoms with Crippen molar-refractivity contribution in [2.24, 2.45) is 16.8 Å². The number of nitrogens with zero attached hydrogens (tertiary/aromatic N) is 2. The lowest BCUT2D eigenvalue weighted by atomic mass is 9.86. The average Bonchev–Trinajstić information content (AvgIpc) is 2.58. The molecule has 0 radical (unpaired) electrons. The highest BCUT2D eigenvalue weighted by atomic mass is 32.2. The van der Waals surface area contributed by atoms with Crippen LogP contribution in [0.3, 0.4) is 0 Å². The highest BCUT2D eigenvalue weighted by molar-refractivity contribution is 7.89. The number of rotatable bonds is 10. The molecular formula is C18H36N4O3S. The van der Waals surface area contributed by atoms with Crippen molar-refractivity contribution < 1.29 is 13.2 Å². The summed E-state index contributed by atoms with van der Waals surface area (Å²) in [6.45, 7) is 6.32. The second-order valence-electron chi connectivity index (χ2n) is 7.47. The third kappa shape index (κ3) is 7.80. The zero-order chi connectivity index (χ0) is 18.8. The summed E-state index contributed by atoms with van der Waals surface area (Å²) >= 11 is 0. The van der Waals surface area contributed by atoms with Gasteiger partial charge < -0.3 is 15.0 Å². The first-order valence-electron chi connectivity index (χ1n) is 10.0. The number of nitrogens with one attached hydrogen (secondary N) is 2. The lowest BCUT2D eigenvalue weighted by molar-refractivity contribution is 0.0625. The van der Waals surface area contributed by atoms with Gasteiger partial charge in [0.25, 0.3) is 0 Å². The van der Waals surface area contributed by atoms with Crippen LogP contribution in [0.25, 0.3) is 0 Å². The Morgan fingerprint density at radius 3 is 2.54 bits per heavy atom. The first-order valence-corrected chi connectivity index (χ1v) is 11.7. The van der Waals surface area contributed by atoms with Crippen molar-refractivity contribution in [2.75, 3.05) is 52.2 Å². The van der Waals surface area contributed by atoms with E-state index in [-0.39, 0.29) is 12.3 Å². The average molecular weight is 389 g/mol. The van der Waals surface area contributed by atoms with Crippen LogP contribution in [0, 0.1) is 11.8 Å². The maximum Gasteiger partial charge on any atom is 0.213 e. The monoisotopic (exact) mass is 388 g/mol. The van der Waals surface area contributed by atoms with Crippen molar-refractivity contribution in [3.63, 3.8) is 0 Å². The van der Waals surface area contributed by atoms with Crippen molar-refractivity contribution in [3.8, 4) is 0 Å². The summed E-state index contributed by atoms with van der Waals surface area (Å²) in [5, 5.41) is 3.26. The highest BCUT2D eigenvalue weighted by Gasteiger charge is 2.20. The Bertz CT molecular complexity index is 529. The van der Waals surface area contributed by atoms with Crippen LogP contribution >= 0.6 is 0 Å². The molecule has 0 amide bonds. The van der Waals surface area contributed by atoms with Gasteiger partial charge in [0.15, 0.2) is 5.96 Å². The Balaban J connectivity index is 1.74. The van der Waals surface area contributed by atoms with E-state index in [2.05, 4.69) is 19.9 Å². The third-order valence-corrected chi connectivity index (χ3v) is 6.67. The molecule has 2 aliphatic rings. The van der Waals surface area contributed by atoms with E-state index in [0.29, 0.717) is 18.4 Å². The largest absolute Gasteiger partial charge is 0.381 e. The zero-order valence-corrected chi connectivity index (χ0v) is 17.2. The van der Waals surface area contributed by atoms with E-state index in [1.165, 1.54) is 6.42 Å². The molecule has 2 fully saturated rings. The van der Waals surface area contributed by atoms with E-state index in [1.54, 1.807) is 0 Å². The number of hydrogen-bond donors (Lipinski definition) is 2. The Kier molecular flexibility index (Phi) is 9.15. The molecule has 2 N–H and O–H groups in total. The molecule has 8 heteroatoms. The molecule has 1 heterocycles. The van der Waals surface area contributed by atoms with E-state index in [0.717, 1.165) is 64.4 Å². The highest BCUT2D eigenvalue weighted by Crippen LogP contribution is 2.25. The molecule has 0 atom stereocenters. The van der Waals surface area contributed by atoms with Crippen LogP contribution in [0.1, 0.15) is 45.4 Å². The number of aliphatic imine (C=N–C) groups is 1. The normalized spacial score (nSPS) is 20.0. The molecule has 1 aliphatic carbocycles. The summed E-state index contributed by atoms with van der Waals surface area (Å²) in [4.78, 5) is 6.62. The summed E-state index contributed by atoms with van der Waals surface area (Å²) in [6, 6.07) is 0. The zero-order valence-electron chi connectivity index (χ0n) is 16.4. The topological polar surface area (TPSA) is 83.0 Å². The van der Waals surface area contributed by atoms with Crippen LogP contribution in [0.5, 0.6) is 0 Å². The predicted octanol–water partition coefficient (Wildman–Crippen LogP) is 1.42. The minimum absolute atomic E-state index is 0.0441. The number of sulfonamides is 1. The molecule has 2 rings (SSSR count). The van der Waals surface area contributed by atoms with Crippen LogP contribution in [0.2, 0.25) is 0 Å². The van der Waals surface area contributed by atoms with Gasteiger partial charge in [-0.15, -0.1) is 0 Å². The van der Waals surface area contributed by atoms with Gasteiger partial charge in [0.2, 0.25) is 10.0 Å². The molecule has 0 aromatic heterocycles. The molecule has 0 aromatic carbocycles.